The third-order valence-corrected chi connectivity index (χ3v) is 6.35. The summed E-state index contributed by atoms with van der Waals surface area (Å²) in [7, 11) is 0. The minimum absolute atomic E-state index is 0.0328. The van der Waals surface area contributed by atoms with Crippen molar-refractivity contribution in [3.63, 3.8) is 0 Å². The number of nitrogens with one attached hydrogen (secondary N) is 1. The fourth-order valence-electron chi connectivity index (χ4n) is 2.88. The predicted octanol–water partition coefficient (Wildman–Crippen LogP) is 3.40. The van der Waals surface area contributed by atoms with Gasteiger partial charge in [0.15, 0.2) is 0 Å². The fraction of sp³-hybridized carbons (Fsp3) is 0.316. The molecule has 0 aliphatic carbocycles. The Hall–Kier alpha value is -2.30. The molecule has 0 atom stereocenters. The third kappa shape index (κ3) is 4.26. The van der Waals surface area contributed by atoms with E-state index >= 15 is 0 Å². The molecule has 0 bridgehead atoms. The number of benzene rings is 1. The van der Waals surface area contributed by atoms with Crippen LogP contribution in [0.25, 0.3) is 0 Å². The zero-order valence-corrected chi connectivity index (χ0v) is 16.1. The zero-order valence-electron chi connectivity index (χ0n) is 14.4. The van der Waals surface area contributed by atoms with E-state index in [2.05, 4.69) is 11.4 Å². The van der Waals surface area contributed by atoms with Gasteiger partial charge in [-0.2, -0.15) is 5.26 Å². The summed E-state index contributed by atoms with van der Waals surface area (Å²) in [6.07, 6.45) is 0.660. The summed E-state index contributed by atoms with van der Waals surface area (Å²) in [5.74, 6) is 1.03. The Kier molecular flexibility index (Phi) is 5.96. The SMILES string of the molecule is CC(=O)N1CCc2c(sc(NC(=O)CSCc3ccccc3)c2C#N)C1. The van der Waals surface area contributed by atoms with Crippen molar-refractivity contribution in [3.8, 4) is 6.07 Å². The molecule has 3 rings (SSSR count). The Balaban J connectivity index is 1.62. The van der Waals surface area contributed by atoms with Crippen molar-refractivity contribution in [2.45, 2.75) is 25.6 Å². The number of carbonyl (C=O) groups is 2. The summed E-state index contributed by atoms with van der Waals surface area (Å²) in [4.78, 5) is 26.6. The van der Waals surface area contributed by atoms with E-state index in [4.69, 9.17) is 0 Å². The molecule has 134 valence electrons. The van der Waals surface area contributed by atoms with E-state index in [9.17, 15) is 14.9 Å². The van der Waals surface area contributed by atoms with Gasteiger partial charge in [0, 0.05) is 24.1 Å². The second-order valence-corrected chi connectivity index (χ2v) is 8.13. The number of hydrogen-bond donors (Lipinski definition) is 1. The zero-order chi connectivity index (χ0) is 18.5. The molecule has 0 saturated carbocycles. The van der Waals surface area contributed by atoms with Gasteiger partial charge in [-0.25, -0.2) is 0 Å². The van der Waals surface area contributed by atoms with Crippen molar-refractivity contribution in [1.29, 1.82) is 5.26 Å². The van der Waals surface area contributed by atoms with E-state index in [1.165, 1.54) is 16.9 Å². The number of fused-ring (bicyclic) bond motifs is 1. The number of nitrogens with zero attached hydrogens (tertiary/aromatic N) is 2. The highest BCUT2D eigenvalue weighted by atomic mass is 32.2. The number of carbonyl (C=O) groups excluding carboxylic acids is 2. The summed E-state index contributed by atoms with van der Waals surface area (Å²) in [5.41, 5.74) is 2.70. The number of thioether (sulfide) groups is 1. The molecule has 1 aliphatic rings. The van der Waals surface area contributed by atoms with Crippen LogP contribution in [-0.2, 0) is 28.3 Å². The average molecular weight is 386 g/mol. The molecule has 1 N–H and O–H groups in total. The van der Waals surface area contributed by atoms with Crippen LogP contribution in [0.1, 0.15) is 28.5 Å². The fourth-order valence-corrected chi connectivity index (χ4v) is 4.89. The first-order chi connectivity index (χ1) is 12.6. The minimum Gasteiger partial charge on any atom is -0.337 e. The molecule has 5 nitrogen and oxygen atoms in total. The van der Waals surface area contributed by atoms with Crippen LogP contribution in [0.5, 0.6) is 0 Å². The Bertz CT molecular complexity index is 856. The molecule has 26 heavy (non-hydrogen) atoms. The van der Waals surface area contributed by atoms with E-state index in [1.54, 1.807) is 23.6 Å². The molecule has 1 aliphatic heterocycles. The second kappa shape index (κ2) is 8.39. The lowest BCUT2D eigenvalue weighted by molar-refractivity contribution is -0.129. The molecule has 2 amide bonds. The topological polar surface area (TPSA) is 73.2 Å². The lowest BCUT2D eigenvalue weighted by Gasteiger charge is -2.25. The van der Waals surface area contributed by atoms with Gasteiger partial charge in [0.25, 0.3) is 0 Å². The van der Waals surface area contributed by atoms with Crippen molar-refractivity contribution in [2.24, 2.45) is 0 Å². The highest BCUT2D eigenvalue weighted by Crippen LogP contribution is 2.36. The van der Waals surface area contributed by atoms with Gasteiger partial charge in [-0.15, -0.1) is 23.1 Å². The highest BCUT2D eigenvalue weighted by molar-refractivity contribution is 7.99. The summed E-state index contributed by atoms with van der Waals surface area (Å²) in [6.45, 7) is 2.69. The minimum atomic E-state index is -0.107. The predicted molar refractivity (Wildman–Crippen MR) is 105 cm³/mol. The van der Waals surface area contributed by atoms with Crippen molar-refractivity contribution in [3.05, 3.63) is 51.9 Å². The lowest BCUT2D eigenvalue weighted by Crippen LogP contribution is -2.33. The van der Waals surface area contributed by atoms with Gasteiger partial charge in [-0.1, -0.05) is 30.3 Å². The summed E-state index contributed by atoms with van der Waals surface area (Å²) >= 11 is 2.95. The molecule has 1 aromatic carbocycles. The van der Waals surface area contributed by atoms with Crippen LogP contribution in [-0.4, -0.2) is 29.0 Å². The van der Waals surface area contributed by atoms with Gasteiger partial charge in [0.2, 0.25) is 11.8 Å². The summed E-state index contributed by atoms with van der Waals surface area (Å²) < 4.78 is 0. The van der Waals surface area contributed by atoms with Crippen molar-refractivity contribution >= 4 is 39.9 Å². The molecule has 0 unspecified atom stereocenters. The summed E-state index contributed by atoms with van der Waals surface area (Å²) in [5, 5.41) is 13.0. The Morgan fingerprint density at radius 1 is 1.35 bits per heavy atom. The number of rotatable bonds is 5. The van der Waals surface area contributed by atoms with Gasteiger partial charge < -0.3 is 10.2 Å². The second-order valence-electron chi connectivity index (χ2n) is 6.04. The maximum absolute atomic E-state index is 12.3. The number of nitriles is 1. The molecule has 2 heterocycles. The quantitative estimate of drug-likeness (QED) is 0.856. The monoisotopic (exact) mass is 385 g/mol. The highest BCUT2D eigenvalue weighted by Gasteiger charge is 2.26. The van der Waals surface area contributed by atoms with E-state index in [1.807, 2.05) is 30.3 Å². The van der Waals surface area contributed by atoms with Crippen molar-refractivity contribution in [1.82, 2.24) is 4.90 Å². The smallest absolute Gasteiger partial charge is 0.235 e. The maximum Gasteiger partial charge on any atom is 0.235 e. The van der Waals surface area contributed by atoms with E-state index in [0.29, 0.717) is 35.8 Å². The number of thiophene rings is 1. The number of hydrogen-bond acceptors (Lipinski definition) is 5. The van der Waals surface area contributed by atoms with Crippen molar-refractivity contribution < 1.29 is 9.59 Å². The van der Waals surface area contributed by atoms with Crippen LogP contribution in [0, 0.1) is 11.3 Å². The normalized spacial score (nSPS) is 13.0. The van der Waals surface area contributed by atoms with E-state index < -0.39 is 0 Å². The Labute approximate surface area is 161 Å². The molecule has 0 radical (unpaired) electrons. The standard InChI is InChI=1S/C19H19N3O2S2/c1-13(23)22-8-7-15-16(9-20)19(26-17(15)10-22)21-18(24)12-25-11-14-5-3-2-4-6-14/h2-6H,7-8,10-12H2,1H3,(H,21,24). The van der Waals surface area contributed by atoms with Crippen LogP contribution >= 0.6 is 23.1 Å². The van der Waals surface area contributed by atoms with Crippen LogP contribution in [0.2, 0.25) is 0 Å². The average Bonchev–Trinajstić information content (AvgIpc) is 2.98. The van der Waals surface area contributed by atoms with Crippen LogP contribution in [0.15, 0.2) is 30.3 Å². The van der Waals surface area contributed by atoms with Crippen LogP contribution < -0.4 is 5.32 Å². The first-order valence-corrected chi connectivity index (χ1v) is 10.3. The molecule has 2 aromatic rings. The van der Waals surface area contributed by atoms with Gasteiger partial charge in [-0.3, -0.25) is 9.59 Å². The van der Waals surface area contributed by atoms with Gasteiger partial charge in [0.1, 0.15) is 11.1 Å². The lowest BCUT2D eigenvalue weighted by atomic mass is 10.0. The maximum atomic E-state index is 12.3. The molecule has 0 saturated heterocycles. The van der Waals surface area contributed by atoms with Gasteiger partial charge in [-0.05, 0) is 17.5 Å². The largest absolute Gasteiger partial charge is 0.337 e. The first kappa shape index (κ1) is 18.5. The molecule has 7 heteroatoms. The number of amides is 2. The first-order valence-electron chi connectivity index (χ1n) is 8.30. The molecule has 0 spiro atoms. The molecular formula is C19H19N3O2S2. The van der Waals surface area contributed by atoms with Gasteiger partial charge >= 0.3 is 0 Å². The van der Waals surface area contributed by atoms with Crippen LogP contribution in [0.3, 0.4) is 0 Å². The van der Waals surface area contributed by atoms with E-state index in [0.717, 1.165) is 16.2 Å². The Morgan fingerprint density at radius 3 is 2.81 bits per heavy atom. The van der Waals surface area contributed by atoms with Crippen molar-refractivity contribution in [2.75, 3.05) is 17.6 Å². The third-order valence-electron chi connectivity index (χ3n) is 4.21. The number of anilines is 1. The molecule has 0 fully saturated rings. The van der Waals surface area contributed by atoms with Crippen LogP contribution in [0.4, 0.5) is 5.00 Å². The van der Waals surface area contributed by atoms with E-state index in [-0.39, 0.29) is 11.8 Å². The Morgan fingerprint density at radius 2 is 2.12 bits per heavy atom. The molecule has 1 aromatic heterocycles. The summed E-state index contributed by atoms with van der Waals surface area (Å²) in [6, 6.07) is 12.2. The van der Waals surface area contributed by atoms with Gasteiger partial charge in [0.05, 0.1) is 17.9 Å². The molecular weight excluding hydrogens is 366 g/mol.